The summed E-state index contributed by atoms with van der Waals surface area (Å²) < 4.78 is 19.1. The highest BCUT2D eigenvalue weighted by Gasteiger charge is 2.33. The fourth-order valence-corrected chi connectivity index (χ4v) is 4.31. The molecule has 27 heavy (non-hydrogen) atoms. The Hall–Kier alpha value is -2.40. The summed E-state index contributed by atoms with van der Waals surface area (Å²) in [5, 5.41) is 6.53. The molecule has 2 aliphatic heterocycles. The van der Waals surface area contributed by atoms with Gasteiger partial charge in [0, 0.05) is 24.2 Å². The van der Waals surface area contributed by atoms with Gasteiger partial charge >= 0.3 is 6.09 Å². The van der Waals surface area contributed by atoms with Crippen molar-refractivity contribution in [2.45, 2.75) is 44.7 Å². The van der Waals surface area contributed by atoms with Crippen LogP contribution in [-0.2, 0) is 0 Å². The monoisotopic (exact) mass is 368 g/mol. The van der Waals surface area contributed by atoms with Crippen LogP contribution >= 0.6 is 0 Å². The average molecular weight is 368 g/mol. The minimum Gasteiger partial charge on any atom is -0.410 e. The van der Waals surface area contributed by atoms with Crippen molar-refractivity contribution in [2.75, 3.05) is 6.54 Å². The zero-order valence-corrected chi connectivity index (χ0v) is 15.5. The van der Waals surface area contributed by atoms with Gasteiger partial charge in [-0.3, -0.25) is 0 Å². The molecule has 2 aliphatic rings. The molecular weight excluding hydrogens is 343 g/mol. The molecule has 142 valence electrons. The molecule has 2 unspecified atom stereocenters. The van der Waals surface area contributed by atoms with E-state index < -0.39 is 6.09 Å². The molecule has 2 bridgehead atoms. The zero-order chi connectivity index (χ0) is 18.8. The van der Waals surface area contributed by atoms with Crippen molar-refractivity contribution in [3.8, 4) is 16.9 Å². The lowest BCUT2D eigenvalue weighted by atomic mass is 9.92. The number of nitrogens with one attached hydrogen (secondary N) is 2. The SMILES string of the molecule is Cc1cc(-c2ccccc2OC(=O)NCC2CC3CCC(C2)N3)ccc1F. The fraction of sp³-hybridized carbons (Fsp3) is 0.409. The molecule has 4 nitrogen and oxygen atoms in total. The molecule has 0 saturated carbocycles. The van der Waals surface area contributed by atoms with Gasteiger partial charge in [-0.05, 0) is 67.9 Å². The van der Waals surface area contributed by atoms with Crippen molar-refractivity contribution in [3.05, 3.63) is 53.8 Å². The molecule has 2 aromatic carbocycles. The average Bonchev–Trinajstić information content (AvgIpc) is 3.01. The summed E-state index contributed by atoms with van der Waals surface area (Å²) in [5.41, 5.74) is 2.16. The Morgan fingerprint density at radius 3 is 2.67 bits per heavy atom. The van der Waals surface area contributed by atoms with E-state index >= 15 is 0 Å². The molecule has 2 heterocycles. The maximum absolute atomic E-state index is 13.6. The van der Waals surface area contributed by atoms with Crippen LogP contribution in [0, 0.1) is 18.7 Å². The van der Waals surface area contributed by atoms with E-state index in [1.165, 1.54) is 18.9 Å². The maximum Gasteiger partial charge on any atom is 0.412 e. The number of rotatable bonds is 4. The van der Waals surface area contributed by atoms with Crippen LogP contribution in [0.5, 0.6) is 5.75 Å². The van der Waals surface area contributed by atoms with Crippen molar-refractivity contribution in [3.63, 3.8) is 0 Å². The van der Waals surface area contributed by atoms with Gasteiger partial charge < -0.3 is 15.4 Å². The van der Waals surface area contributed by atoms with Crippen LogP contribution in [0.3, 0.4) is 0 Å². The highest BCUT2D eigenvalue weighted by Crippen LogP contribution is 2.32. The van der Waals surface area contributed by atoms with Gasteiger partial charge in [-0.1, -0.05) is 24.3 Å². The second-order valence-electron chi connectivity index (χ2n) is 7.71. The first kappa shape index (κ1) is 18.0. The molecule has 5 heteroatoms. The summed E-state index contributed by atoms with van der Waals surface area (Å²) >= 11 is 0. The summed E-state index contributed by atoms with van der Waals surface area (Å²) in [7, 11) is 0. The predicted molar refractivity (Wildman–Crippen MR) is 103 cm³/mol. The number of ether oxygens (including phenoxy) is 1. The Kier molecular flexibility index (Phi) is 5.12. The van der Waals surface area contributed by atoms with Gasteiger partial charge in [-0.15, -0.1) is 0 Å². The Morgan fingerprint density at radius 1 is 1.19 bits per heavy atom. The summed E-state index contributed by atoms with van der Waals surface area (Å²) in [5.74, 6) is 0.739. The van der Waals surface area contributed by atoms with Crippen molar-refractivity contribution in [1.82, 2.24) is 10.6 Å². The molecule has 2 N–H and O–H groups in total. The Bertz CT molecular complexity index is 827. The summed E-state index contributed by atoms with van der Waals surface area (Å²) in [6.45, 7) is 2.37. The molecule has 0 spiro atoms. The van der Waals surface area contributed by atoms with Crippen molar-refractivity contribution >= 4 is 6.09 Å². The van der Waals surface area contributed by atoms with Gasteiger partial charge in [-0.2, -0.15) is 0 Å². The second-order valence-corrected chi connectivity index (χ2v) is 7.71. The van der Waals surface area contributed by atoms with Crippen LogP contribution in [0.2, 0.25) is 0 Å². The van der Waals surface area contributed by atoms with E-state index in [0.717, 1.165) is 24.0 Å². The van der Waals surface area contributed by atoms with E-state index in [9.17, 15) is 9.18 Å². The van der Waals surface area contributed by atoms with Gasteiger partial charge in [0.2, 0.25) is 0 Å². The van der Waals surface area contributed by atoms with E-state index in [1.807, 2.05) is 18.2 Å². The lowest BCUT2D eigenvalue weighted by molar-refractivity contribution is 0.195. The molecule has 0 aliphatic carbocycles. The topological polar surface area (TPSA) is 50.4 Å². The van der Waals surface area contributed by atoms with Crippen LogP contribution in [-0.4, -0.2) is 24.7 Å². The largest absolute Gasteiger partial charge is 0.412 e. The zero-order valence-electron chi connectivity index (χ0n) is 15.5. The number of amides is 1. The number of aryl methyl sites for hydroxylation is 1. The van der Waals surface area contributed by atoms with Crippen molar-refractivity contribution < 1.29 is 13.9 Å². The van der Waals surface area contributed by atoms with Crippen LogP contribution in [0.4, 0.5) is 9.18 Å². The molecule has 2 fully saturated rings. The van der Waals surface area contributed by atoms with Gasteiger partial charge in [0.25, 0.3) is 0 Å². The number of fused-ring (bicyclic) bond motifs is 2. The molecule has 2 saturated heterocycles. The summed E-state index contributed by atoms with van der Waals surface area (Å²) in [4.78, 5) is 12.3. The first-order valence-electron chi connectivity index (χ1n) is 9.66. The van der Waals surface area contributed by atoms with Gasteiger partial charge in [0.15, 0.2) is 0 Å². The quantitative estimate of drug-likeness (QED) is 0.840. The number of carbonyl (C=O) groups is 1. The van der Waals surface area contributed by atoms with Crippen LogP contribution in [0.25, 0.3) is 11.1 Å². The Labute approximate surface area is 159 Å². The highest BCUT2D eigenvalue weighted by molar-refractivity contribution is 5.77. The van der Waals surface area contributed by atoms with E-state index in [1.54, 1.807) is 25.1 Å². The Morgan fingerprint density at radius 2 is 1.93 bits per heavy atom. The predicted octanol–water partition coefficient (Wildman–Crippen LogP) is 4.42. The fourth-order valence-electron chi connectivity index (χ4n) is 4.31. The molecule has 0 aromatic heterocycles. The molecule has 2 atom stereocenters. The number of halogens is 1. The Balaban J connectivity index is 1.40. The van der Waals surface area contributed by atoms with Crippen LogP contribution in [0.1, 0.15) is 31.2 Å². The number of piperidine rings is 1. The second kappa shape index (κ2) is 7.69. The van der Waals surface area contributed by atoms with Crippen molar-refractivity contribution in [2.24, 2.45) is 5.92 Å². The normalized spacial score (nSPS) is 23.9. The highest BCUT2D eigenvalue weighted by atomic mass is 19.1. The number of carbonyl (C=O) groups excluding carboxylic acids is 1. The van der Waals surface area contributed by atoms with Gasteiger partial charge in [0.1, 0.15) is 11.6 Å². The van der Waals surface area contributed by atoms with E-state index in [0.29, 0.717) is 35.9 Å². The molecule has 4 rings (SSSR count). The standard InChI is InChI=1S/C22H25FN2O2/c1-14-10-16(6-9-20(14)23)19-4-2-3-5-21(19)27-22(26)24-13-15-11-17-7-8-18(12-15)25-17/h2-6,9-10,15,17-18,25H,7-8,11-13H2,1H3,(H,24,26). The number of hydrogen-bond donors (Lipinski definition) is 2. The minimum absolute atomic E-state index is 0.245. The van der Waals surface area contributed by atoms with Crippen molar-refractivity contribution in [1.29, 1.82) is 0 Å². The number of hydrogen-bond acceptors (Lipinski definition) is 3. The molecule has 2 aromatic rings. The lowest BCUT2D eigenvalue weighted by Gasteiger charge is -2.29. The van der Waals surface area contributed by atoms with Crippen LogP contribution < -0.4 is 15.4 Å². The van der Waals surface area contributed by atoms with E-state index in [4.69, 9.17) is 4.74 Å². The number of benzene rings is 2. The minimum atomic E-state index is -0.438. The first-order chi connectivity index (χ1) is 13.1. The summed E-state index contributed by atoms with van der Waals surface area (Å²) in [6.07, 6.45) is 4.28. The smallest absolute Gasteiger partial charge is 0.410 e. The third kappa shape index (κ3) is 4.14. The molecular formula is C22H25FN2O2. The van der Waals surface area contributed by atoms with E-state index in [-0.39, 0.29) is 5.82 Å². The molecule has 0 radical (unpaired) electrons. The van der Waals surface area contributed by atoms with Crippen LogP contribution in [0.15, 0.2) is 42.5 Å². The van der Waals surface area contributed by atoms with Gasteiger partial charge in [0.05, 0.1) is 0 Å². The third-order valence-electron chi connectivity index (χ3n) is 5.66. The first-order valence-corrected chi connectivity index (χ1v) is 9.66. The van der Waals surface area contributed by atoms with Gasteiger partial charge in [-0.25, -0.2) is 9.18 Å². The van der Waals surface area contributed by atoms with E-state index in [2.05, 4.69) is 10.6 Å². The maximum atomic E-state index is 13.6. The summed E-state index contributed by atoms with van der Waals surface area (Å²) in [6, 6.07) is 13.5. The number of para-hydroxylation sites is 1. The third-order valence-corrected chi connectivity index (χ3v) is 5.66. The lowest BCUT2D eigenvalue weighted by Crippen LogP contribution is -2.42. The molecule has 1 amide bonds.